The number of fused-ring (bicyclic) bond motifs is 1. The first-order valence-electron chi connectivity index (χ1n) is 7.53. The van der Waals surface area contributed by atoms with Crippen molar-refractivity contribution in [2.45, 2.75) is 57.4 Å². The van der Waals surface area contributed by atoms with Crippen LogP contribution in [0.4, 0.5) is 0 Å². The molecule has 0 bridgehead atoms. The Hall–Kier alpha value is -0.240. The van der Waals surface area contributed by atoms with Gasteiger partial charge in [0, 0.05) is 11.8 Å². The summed E-state index contributed by atoms with van der Waals surface area (Å²) >= 11 is 6.16. The second kappa shape index (κ2) is 4.70. The van der Waals surface area contributed by atoms with E-state index in [9.17, 15) is 4.79 Å². The second-order valence-electron chi connectivity index (χ2n) is 6.87. The van der Waals surface area contributed by atoms with E-state index in [-0.39, 0.29) is 5.54 Å². The molecule has 3 heteroatoms. The van der Waals surface area contributed by atoms with Gasteiger partial charge in [-0.3, -0.25) is 4.79 Å². The first-order valence-corrected chi connectivity index (χ1v) is 8.07. The highest BCUT2D eigenvalue weighted by molar-refractivity contribution is 6.18. The topological polar surface area (TPSA) is 29.1 Å². The van der Waals surface area contributed by atoms with Gasteiger partial charge in [-0.15, -0.1) is 11.6 Å². The Morgan fingerprint density at radius 2 is 1.83 bits per heavy atom. The predicted molar refractivity (Wildman–Crippen MR) is 73.5 cm³/mol. The predicted octanol–water partition coefficient (Wildman–Crippen LogP) is 3.34. The highest BCUT2D eigenvalue weighted by Crippen LogP contribution is 2.57. The molecule has 0 radical (unpaired) electrons. The molecule has 0 saturated heterocycles. The molecule has 3 rings (SSSR count). The molecule has 2 nitrogen and oxygen atoms in total. The summed E-state index contributed by atoms with van der Waals surface area (Å²) in [4.78, 5) is 12.4. The lowest BCUT2D eigenvalue weighted by Crippen LogP contribution is -2.52. The summed E-state index contributed by atoms with van der Waals surface area (Å²) < 4.78 is 0. The number of carbonyl (C=O) groups is 1. The van der Waals surface area contributed by atoms with Gasteiger partial charge in [-0.05, 0) is 56.3 Å². The fourth-order valence-corrected chi connectivity index (χ4v) is 4.50. The minimum Gasteiger partial charge on any atom is -0.349 e. The Balaban J connectivity index is 1.58. The van der Waals surface area contributed by atoms with Crippen LogP contribution in [0.15, 0.2) is 0 Å². The molecule has 3 aliphatic rings. The minimum absolute atomic E-state index is 0.0952. The molecule has 0 heterocycles. The van der Waals surface area contributed by atoms with Gasteiger partial charge < -0.3 is 5.32 Å². The van der Waals surface area contributed by atoms with E-state index in [0.29, 0.717) is 29.5 Å². The summed E-state index contributed by atoms with van der Waals surface area (Å²) in [6, 6.07) is 0. The zero-order valence-electron chi connectivity index (χ0n) is 11.3. The van der Waals surface area contributed by atoms with Crippen LogP contribution in [-0.4, -0.2) is 17.3 Å². The highest BCUT2D eigenvalue weighted by atomic mass is 35.5. The van der Waals surface area contributed by atoms with Gasteiger partial charge in [0.1, 0.15) is 0 Å². The Labute approximate surface area is 115 Å². The molecule has 102 valence electrons. The number of nitrogens with one attached hydrogen (secondary N) is 1. The van der Waals surface area contributed by atoms with Gasteiger partial charge in [0.25, 0.3) is 0 Å². The van der Waals surface area contributed by atoms with Gasteiger partial charge in [-0.2, -0.15) is 0 Å². The molecule has 0 aromatic carbocycles. The van der Waals surface area contributed by atoms with Crippen molar-refractivity contribution >= 4 is 17.5 Å². The van der Waals surface area contributed by atoms with Gasteiger partial charge >= 0.3 is 0 Å². The van der Waals surface area contributed by atoms with Crippen molar-refractivity contribution in [2.75, 3.05) is 5.88 Å². The average Bonchev–Trinajstić information content (AvgIpc) is 2.87. The lowest BCUT2D eigenvalue weighted by atomic mass is 9.78. The first-order chi connectivity index (χ1) is 8.65. The quantitative estimate of drug-likeness (QED) is 0.783. The third-order valence-electron chi connectivity index (χ3n) is 5.58. The Morgan fingerprint density at radius 1 is 1.22 bits per heavy atom. The molecule has 2 atom stereocenters. The third-order valence-corrected chi connectivity index (χ3v) is 6.10. The monoisotopic (exact) mass is 269 g/mol. The number of halogens is 1. The van der Waals surface area contributed by atoms with E-state index in [4.69, 9.17) is 11.6 Å². The molecule has 0 aromatic heterocycles. The van der Waals surface area contributed by atoms with E-state index >= 15 is 0 Å². The van der Waals surface area contributed by atoms with Crippen molar-refractivity contribution in [1.82, 2.24) is 5.32 Å². The van der Waals surface area contributed by atoms with Crippen molar-refractivity contribution in [3.63, 3.8) is 0 Å². The highest BCUT2D eigenvalue weighted by Gasteiger charge is 2.57. The van der Waals surface area contributed by atoms with Crippen molar-refractivity contribution in [3.05, 3.63) is 0 Å². The van der Waals surface area contributed by atoms with Crippen LogP contribution in [0.5, 0.6) is 0 Å². The van der Waals surface area contributed by atoms with Crippen LogP contribution in [0.25, 0.3) is 0 Å². The lowest BCUT2D eigenvalue weighted by molar-refractivity contribution is -0.125. The number of rotatable bonds is 3. The smallest absolute Gasteiger partial charge is 0.224 e. The summed E-state index contributed by atoms with van der Waals surface area (Å²) in [7, 11) is 0. The lowest BCUT2D eigenvalue weighted by Gasteiger charge is -2.39. The van der Waals surface area contributed by atoms with Gasteiger partial charge in [0.2, 0.25) is 5.91 Å². The third kappa shape index (κ3) is 2.17. The molecular formula is C15H24ClNO. The molecule has 0 spiro atoms. The van der Waals surface area contributed by atoms with Crippen LogP contribution in [0.2, 0.25) is 0 Å². The SMILES string of the molecule is CC1CCC(CCl)(NC(=O)C2C3CCCC32)CC1. The standard InChI is InChI=1S/C15H24ClNO/c1-10-5-7-15(9-16,8-6-10)17-14(18)13-11-3-2-4-12(11)13/h10-13H,2-9H2,1H3,(H,17,18). The number of carbonyl (C=O) groups excluding carboxylic acids is 1. The minimum atomic E-state index is -0.0952. The Morgan fingerprint density at radius 3 is 2.39 bits per heavy atom. The largest absolute Gasteiger partial charge is 0.349 e. The molecule has 1 amide bonds. The summed E-state index contributed by atoms with van der Waals surface area (Å²) in [6.45, 7) is 2.30. The van der Waals surface area contributed by atoms with Crippen LogP contribution in [-0.2, 0) is 4.79 Å². The summed E-state index contributed by atoms with van der Waals surface area (Å²) in [5, 5.41) is 3.32. The fourth-order valence-electron chi connectivity index (χ4n) is 4.16. The van der Waals surface area contributed by atoms with E-state index in [2.05, 4.69) is 12.2 Å². The number of alkyl halides is 1. The molecule has 3 aliphatic carbocycles. The zero-order valence-corrected chi connectivity index (χ0v) is 12.0. The van der Waals surface area contributed by atoms with Gasteiger partial charge in [0.15, 0.2) is 0 Å². The molecule has 1 N–H and O–H groups in total. The Kier molecular flexibility index (Phi) is 3.34. The van der Waals surface area contributed by atoms with E-state index in [0.717, 1.165) is 18.8 Å². The van der Waals surface area contributed by atoms with Crippen molar-refractivity contribution < 1.29 is 4.79 Å². The average molecular weight is 270 g/mol. The van der Waals surface area contributed by atoms with Crippen LogP contribution in [0.3, 0.4) is 0 Å². The van der Waals surface area contributed by atoms with E-state index < -0.39 is 0 Å². The maximum absolute atomic E-state index is 12.4. The molecule has 2 unspecified atom stereocenters. The summed E-state index contributed by atoms with van der Waals surface area (Å²) in [5.74, 6) is 3.42. The summed E-state index contributed by atoms with van der Waals surface area (Å²) in [6.07, 6.45) is 8.39. The van der Waals surface area contributed by atoms with Crippen molar-refractivity contribution in [3.8, 4) is 0 Å². The van der Waals surface area contributed by atoms with Crippen molar-refractivity contribution in [2.24, 2.45) is 23.7 Å². The number of hydrogen-bond donors (Lipinski definition) is 1. The number of hydrogen-bond acceptors (Lipinski definition) is 1. The number of amides is 1. The van der Waals surface area contributed by atoms with Crippen molar-refractivity contribution in [1.29, 1.82) is 0 Å². The van der Waals surface area contributed by atoms with E-state index in [1.165, 1.54) is 32.1 Å². The molecule has 3 fully saturated rings. The normalized spacial score (nSPS) is 46.6. The van der Waals surface area contributed by atoms with Crippen LogP contribution in [0.1, 0.15) is 51.9 Å². The van der Waals surface area contributed by atoms with E-state index in [1.54, 1.807) is 0 Å². The fraction of sp³-hybridized carbons (Fsp3) is 0.933. The maximum Gasteiger partial charge on any atom is 0.224 e. The van der Waals surface area contributed by atoms with E-state index in [1.807, 2.05) is 0 Å². The van der Waals surface area contributed by atoms with Gasteiger partial charge in [-0.1, -0.05) is 13.3 Å². The van der Waals surface area contributed by atoms with Crippen LogP contribution >= 0.6 is 11.6 Å². The van der Waals surface area contributed by atoms with Gasteiger partial charge in [-0.25, -0.2) is 0 Å². The molecule has 0 aromatic rings. The molecule has 18 heavy (non-hydrogen) atoms. The second-order valence-corrected chi connectivity index (χ2v) is 7.14. The van der Waals surface area contributed by atoms with Crippen LogP contribution < -0.4 is 5.32 Å². The van der Waals surface area contributed by atoms with Crippen LogP contribution in [0, 0.1) is 23.7 Å². The van der Waals surface area contributed by atoms with Gasteiger partial charge in [0.05, 0.1) is 5.54 Å². The Bertz CT molecular complexity index is 325. The first kappa shape index (κ1) is 12.8. The maximum atomic E-state index is 12.4. The summed E-state index contributed by atoms with van der Waals surface area (Å²) in [5.41, 5.74) is -0.0952. The molecular weight excluding hydrogens is 246 g/mol. The molecule has 3 saturated carbocycles. The zero-order chi connectivity index (χ0) is 12.8. The molecule has 0 aliphatic heterocycles.